The smallest absolute Gasteiger partial charge is 0.252 e. The summed E-state index contributed by atoms with van der Waals surface area (Å²) in [6.45, 7) is 4.89. The summed E-state index contributed by atoms with van der Waals surface area (Å²) in [4.78, 5) is 14.3. The Morgan fingerprint density at radius 3 is 2.58 bits per heavy atom. The largest absolute Gasteiger partial charge is 0.350 e. The molecule has 0 bridgehead atoms. The number of hydrogen-bond donors (Lipinski definition) is 1. The molecule has 0 heterocycles. The van der Waals surface area contributed by atoms with Gasteiger partial charge in [0.25, 0.3) is 5.91 Å². The molecular formula is C14H20BrClN2O. The van der Waals surface area contributed by atoms with Crippen LogP contribution >= 0.6 is 27.5 Å². The van der Waals surface area contributed by atoms with E-state index in [-0.39, 0.29) is 5.91 Å². The van der Waals surface area contributed by atoms with Gasteiger partial charge in [0.15, 0.2) is 0 Å². The third-order valence-corrected chi connectivity index (χ3v) is 3.90. The predicted octanol–water partition coefficient (Wildman–Crippen LogP) is 3.42. The van der Waals surface area contributed by atoms with Gasteiger partial charge in [-0.2, -0.15) is 0 Å². The van der Waals surface area contributed by atoms with Crippen molar-refractivity contribution in [1.29, 1.82) is 0 Å². The van der Waals surface area contributed by atoms with Gasteiger partial charge in [-0.25, -0.2) is 0 Å². The molecular weight excluding hydrogens is 328 g/mol. The van der Waals surface area contributed by atoms with Crippen LogP contribution in [0.5, 0.6) is 0 Å². The van der Waals surface area contributed by atoms with Gasteiger partial charge < -0.3 is 10.2 Å². The van der Waals surface area contributed by atoms with E-state index < -0.39 is 0 Å². The fraction of sp³-hybridized carbons (Fsp3) is 0.500. The lowest BCUT2D eigenvalue weighted by molar-refractivity contribution is 0.0935. The highest BCUT2D eigenvalue weighted by atomic mass is 79.9. The first kappa shape index (κ1) is 16.5. The van der Waals surface area contributed by atoms with Crippen LogP contribution in [0.15, 0.2) is 22.7 Å². The second kappa shape index (κ2) is 7.27. The lowest BCUT2D eigenvalue weighted by Gasteiger charge is -2.28. The Bertz CT molecular complexity index is 441. The first-order valence-corrected chi connectivity index (χ1v) is 7.39. The quantitative estimate of drug-likeness (QED) is 0.885. The maximum absolute atomic E-state index is 12.1. The molecule has 0 aliphatic carbocycles. The Morgan fingerprint density at radius 2 is 2.05 bits per heavy atom. The number of carbonyl (C=O) groups is 1. The molecule has 0 saturated heterocycles. The zero-order valence-corrected chi connectivity index (χ0v) is 14.0. The van der Waals surface area contributed by atoms with Gasteiger partial charge in [-0.3, -0.25) is 4.79 Å². The number of amides is 1. The minimum Gasteiger partial charge on any atom is -0.350 e. The summed E-state index contributed by atoms with van der Waals surface area (Å²) in [7, 11) is 4.03. The van der Waals surface area contributed by atoms with Crippen molar-refractivity contribution in [2.45, 2.75) is 19.9 Å². The second-order valence-corrected chi connectivity index (χ2v) is 6.43. The highest BCUT2D eigenvalue weighted by Gasteiger charge is 2.18. The molecule has 19 heavy (non-hydrogen) atoms. The summed E-state index contributed by atoms with van der Waals surface area (Å²) in [5.41, 5.74) is 0.498. The maximum atomic E-state index is 12.1. The molecule has 1 N–H and O–H groups in total. The standard InChI is InChI=1S/C14H20BrClN2O/c1-9(2)13(18(3)4)8-17-14(19)11-7-10(15)5-6-12(11)16/h5-7,9,13H,8H2,1-4H3,(H,17,19). The number of nitrogens with one attached hydrogen (secondary N) is 1. The molecule has 0 aliphatic rings. The Hall–Kier alpha value is -0.580. The maximum Gasteiger partial charge on any atom is 0.252 e. The van der Waals surface area contributed by atoms with Crippen molar-refractivity contribution in [1.82, 2.24) is 10.2 Å². The topological polar surface area (TPSA) is 32.3 Å². The Balaban J connectivity index is 2.72. The monoisotopic (exact) mass is 346 g/mol. The van der Waals surface area contributed by atoms with E-state index >= 15 is 0 Å². The predicted molar refractivity (Wildman–Crippen MR) is 83.8 cm³/mol. The fourth-order valence-electron chi connectivity index (χ4n) is 1.98. The van der Waals surface area contributed by atoms with Gasteiger partial charge in [0.1, 0.15) is 0 Å². The van der Waals surface area contributed by atoms with Gasteiger partial charge in [-0.15, -0.1) is 0 Å². The number of halogens is 2. The van der Waals surface area contributed by atoms with Crippen molar-refractivity contribution in [3.05, 3.63) is 33.3 Å². The molecule has 1 unspecified atom stereocenters. The van der Waals surface area contributed by atoms with E-state index in [1.165, 1.54) is 0 Å². The van der Waals surface area contributed by atoms with E-state index in [2.05, 4.69) is 40.0 Å². The lowest BCUT2D eigenvalue weighted by Crippen LogP contribution is -2.43. The number of carbonyl (C=O) groups excluding carboxylic acids is 1. The summed E-state index contributed by atoms with van der Waals surface area (Å²) in [5, 5.41) is 3.41. The molecule has 0 fully saturated rings. The molecule has 1 amide bonds. The zero-order chi connectivity index (χ0) is 14.6. The van der Waals surface area contributed by atoms with Gasteiger partial charge in [0, 0.05) is 17.1 Å². The van der Waals surface area contributed by atoms with E-state index in [1.807, 2.05) is 20.2 Å². The van der Waals surface area contributed by atoms with Crippen molar-refractivity contribution in [2.24, 2.45) is 5.92 Å². The Kier molecular flexibility index (Phi) is 6.30. The number of hydrogen-bond acceptors (Lipinski definition) is 2. The number of likely N-dealkylation sites (N-methyl/N-ethyl adjacent to an activating group) is 1. The normalized spacial score (nSPS) is 12.8. The van der Waals surface area contributed by atoms with Crippen LogP contribution in [0.1, 0.15) is 24.2 Å². The summed E-state index contributed by atoms with van der Waals surface area (Å²) < 4.78 is 0.843. The van der Waals surface area contributed by atoms with Crippen LogP contribution in [0.4, 0.5) is 0 Å². The Morgan fingerprint density at radius 1 is 1.42 bits per heavy atom. The first-order chi connectivity index (χ1) is 8.82. The molecule has 1 aromatic rings. The third-order valence-electron chi connectivity index (χ3n) is 3.08. The van der Waals surface area contributed by atoms with E-state index in [1.54, 1.807) is 12.1 Å². The van der Waals surface area contributed by atoms with Crippen LogP contribution in [0.2, 0.25) is 5.02 Å². The SMILES string of the molecule is CC(C)C(CNC(=O)c1cc(Br)ccc1Cl)N(C)C. The Labute approximate surface area is 128 Å². The molecule has 0 radical (unpaired) electrons. The number of nitrogens with zero attached hydrogens (tertiary/aromatic N) is 1. The molecule has 0 saturated carbocycles. The summed E-state index contributed by atoms with van der Waals surface area (Å²) >= 11 is 9.38. The van der Waals surface area contributed by atoms with Crippen molar-refractivity contribution < 1.29 is 4.79 Å². The minimum atomic E-state index is -0.140. The van der Waals surface area contributed by atoms with Gasteiger partial charge in [0.05, 0.1) is 10.6 Å². The molecule has 1 rings (SSSR count). The molecule has 1 atom stereocenters. The van der Waals surface area contributed by atoms with E-state index in [0.29, 0.717) is 29.1 Å². The molecule has 3 nitrogen and oxygen atoms in total. The summed E-state index contributed by atoms with van der Waals surface area (Å²) in [6, 6.07) is 5.56. The van der Waals surface area contributed by atoms with Crippen LogP contribution < -0.4 is 5.32 Å². The van der Waals surface area contributed by atoms with Gasteiger partial charge in [0.2, 0.25) is 0 Å². The average Bonchev–Trinajstić information content (AvgIpc) is 2.31. The highest BCUT2D eigenvalue weighted by Crippen LogP contribution is 2.21. The van der Waals surface area contributed by atoms with Crippen molar-refractivity contribution >= 4 is 33.4 Å². The molecule has 1 aromatic carbocycles. The van der Waals surface area contributed by atoms with Gasteiger partial charge in [-0.1, -0.05) is 41.4 Å². The van der Waals surface area contributed by atoms with Crippen LogP contribution in [-0.4, -0.2) is 37.5 Å². The fourth-order valence-corrected chi connectivity index (χ4v) is 2.54. The second-order valence-electron chi connectivity index (χ2n) is 5.11. The minimum absolute atomic E-state index is 0.140. The van der Waals surface area contributed by atoms with Crippen molar-refractivity contribution in [2.75, 3.05) is 20.6 Å². The summed E-state index contributed by atoms with van der Waals surface area (Å²) in [6.07, 6.45) is 0. The van der Waals surface area contributed by atoms with E-state index in [0.717, 1.165) is 4.47 Å². The van der Waals surface area contributed by atoms with Crippen LogP contribution in [0.3, 0.4) is 0 Å². The lowest BCUT2D eigenvalue weighted by atomic mass is 10.0. The molecule has 0 spiro atoms. The van der Waals surface area contributed by atoms with Crippen molar-refractivity contribution in [3.63, 3.8) is 0 Å². The zero-order valence-electron chi connectivity index (χ0n) is 11.7. The molecule has 0 aromatic heterocycles. The summed E-state index contributed by atoms with van der Waals surface area (Å²) in [5.74, 6) is 0.326. The van der Waals surface area contributed by atoms with Crippen LogP contribution in [0.25, 0.3) is 0 Å². The van der Waals surface area contributed by atoms with Crippen molar-refractivity contribution in [3.8, 4) is 0 Å². The van der Waals surface area contributed by atoms with Crippen LogP contribution in [0, 0.1) is 5.92 Å². The first-order valence-electron chi connectivity index (χ1n) is 6.22. The molecule has 106 valence electrons. The molecule has 0 aliphatic heterocycles. The third kappa shape index (κ3) is 4.79. The van der Waals surface area contributed by atoms with Gasteiger partial charge >= 0.3 is 0 Å². The van der Waals surface area contributed by atoms with Crippen LogP contribution in [-0.2, 0) is 0 Å². The number of benzene rings is 1. The van der Waals surface area contributed by atoms with E-state index in [9.17, 15) is 4.79 Å². The average molecular weight is 348 g/mol. The van der Waals surface area contributed by atoms with Gasteiger partial charge in [-0.05, 0) is 38.2 Å². The number of rotatable bonds is 5. The van der Waals surface area contributed by atoms with E-state index in [4.69, 9.17) is 11.6 Å². The molecule has 5 heteroatoms. The highest BCUT2D eigenvalue weighted by molar-refractivity contribution is 9.10.